The van der Waals surface area contributed by atoms with E-state index in [2.05, 4.69) is 14.4 Å². The Labute approximate surface area is 277 Å². The molecule has 1 saturated carbocycles. The van der Waals surface area contributed by atoms with Gasteiger partial charge in [0, 0.05) is 47.8 Å². The third-order valence-electron chi connectivity index (χ3n) is 7.48. The molecular formula is C26H54N3O15P3. The smallest absolute Gasteiger partial charge is 0.369 e. The molecule has 21 heteroatoms. The van der Waals surface area contributed by atoms with E-state index < -0.39 is 53.2 Å². The van der Waals surface area contributed by atoms with E-state index in [0.717, 1.165) is 54.1 Å². The lowest BCUT2D eigenvalue weighted by molar-refractivity contribution is -0.146. The summed E-state index contributed by atoms with van der Waals surface area (Å²) >= 11 is 0. The van der Waals surface area contributed by atoms with Crippen molar-refractivity contribution < 1.29 is 68.7 Å². The van der Waals surface area contributed by atoms with Crippen molar-refractivity contribution in [2.45, 2.75) is 102 Å². The number of hydrogen-bond acceptors (Lipinski definition) is 17. The van der Waals surface area contributed by atoms with Crippen molar-refractivity contribution in [3.05, 3.63) is 0 Å². The Morgan fingerprint density at radius 1 is 0.894 bits per heavy atom. The van der Waals surface area contributed by atoms with Crippen LogP contribution in [0.25, 0.3) is 0 Å². The average Bonchev–Trinajstić information content (AvgIpc) is 3.68. The van der Waals surface area contributed by atoms with Crippen molar-refractivity contribution >= 4 is 29.4 Å². The van der Waals surface area contributed by atoms with Gasteiger partial charge in [0.2, 0.25) is 0 Å². The van der Waals surface area contributed by atoms with Gasteiger partial charge in [-0.2, -0.15) is 8.62 Å². The normalized spacial score (nSPS) is 24.6. The molecule has 0 spiro atoms. The summed E-state index contributed by atoms with van der Waals surface area (Å²) < 4.78 is 96.1. The summed E-state index contributed by atoms with van der Waals surface area (Å²) in [6, 6.07) is 0. The van der Waals surface area contributed by atoms with Crippen molar-refractivity contribution in [3.8, 4) is 0 Å². The Balaban J connectivity index is 1.99. The zero-order chi connectivity index (χ0) is 35.5. The van der Waals surface area contributed by atoms with Gasteiger partial charge in [-0.15, -0.1) is 0 Å². The fourth-order valence-corrected chi connectivity index (χ4v) is 9.37. The van der Waals surface area contributed by atoms with Gasteiger partial charge in [-0.05, 0) is 46.5 Å². The Bertz CT molecular complexity index is 1110. The number of carbonyl (C=O) groups is 1. The van der Waals surface area contributed by atoms with Crippen LogP contribution in [-0.2, 0) is 68.7 Å². The molecule has 2 rings (SSSR count). The second-order valence-electron chi connectivity index (χ2n) is 12.1. The molecule has 0 aromatic rings. The molecule has 1 aliphatic heterocycles. The van der Waals surface area contributed by atoms with E-state index in [1.807, 2.05) is 0 Å². The molecule has 2 fully saturated rings. The van der Waals surface area contributed by atoms with Gasteiger partial charge < -0.3 is 35.7 Å². The highest BCUT2D eigenvalue weighted by atomic mass is 31.3. The van der Waals surface area contributed by atoms with E-state index in [0.29, 0.717) is 12.3 Å². The third-order valence-corrected chi connectivity index (χ3v) is 12.9. The molecule has 278 valence electrons. The SMILES string of the molecule is COP(=O)(OC)OP(=O)(OC)OP(=O)(OC)OCC1O[C@@H](C2CCCC2)C[C@H]1OC(N)CCNC(=O)C(C)(C)OCCOC(C)(C)N. The molecule has 0 radical (unpaired) electrons. The minimum Gasteiger partial charge on any atom is -0.369 e. The van der Waals surface area contributed by atoms with Gasteiger partial charge in [-0.3, -0.25) is 27.4 Å². The van der Waals surface area contributed by atoms with Gasteiger partial charge in [-0.1, -0.05) is 12.8 Å². The summed E-state index contributed by atoms with van der Waals surface area (Å²) in [6.45, 7) is 6.94. The summed E-state index contributed by atoms with van der Waals surface area (Å²) in [6.07, 6.45) is 2.57. The van der Waals surface area contributed by atoms with E-state index in [1.54, 1.807) is 27.7 Å². The van der Waals surface area contributed by atoms with Crippen molar-refractivity contribution in [2.75, 3.05) is 54.8 Å². The molecule has 5 N–H and O–H groups in total. The Hall–Kier alpha value is -0.360. The van der Waals surface area contributed by atoms with Crippen molar-refractivity contribution in [1.29, 1.82) is 0 Å². The van der Waals surface area contributed by atoms with Crippen molar-refractivity contribution in [3.63, 3.8) is 0 Å². The molecule has 6 atom stereocenters. The molecule has 1 amide bonds. The highest BCUT2D eigenvalue weighted by Gasteiger charge is 2.48. The van der Waals surface area contributed by atoms with Gasteiger partial charge in [0.25, 0.3) is 5.91 Å². The van der Waals surface area contributed by atoms with Crippen LogP contribution in [0.3, 0.4) is 0 Å². The zero-order valence-corrected chi connectivity index (χ0v) is 31.3. The maximum atomic E-state index is 13.3. The van der Waals surface area contributed by atoms with Crippen molar-refractivity contribution in [2.24, 2.45) is 17.4 Å². The lowest BCUT2D eigenvalue weighted by atomic mass is 9.97. The first-order valence-corrected chi connectivity index (χ1v) is 19.7. The summed E-state index contributed by atoms with van der Waals surface area (Å²) in [5.41, 5.74) is 10.1. The third kappa shape index (κ3) is 14.4. The number of amides is 1. The molecule has 1 heterocycles. The maximum Gasteiger partial charge on any atom is 0.492 e. The average molecular weight is 742 g/mol. The molecule has 4 unspecified atom stereocenters. The van der Waals surface area contributed by atoms with Gasteiger partial charge in [0.15, 0.2) is 0 Å². The number of hydrogen-bond donors (Lipinski definition) is 3. The number of ether oxygens (including phenoxy) is 4. The van der Waals surface area contributed by atoms with Crippen LogP contribution < -0.4 is 16.8 Å². The van der Waals surface area contributed by atoms with E-state index in [9.17, 15) is 18.5 Å². The molecule has 18 nitrogen and oxygen atoms in total. The van der Waals surface area contributed by atoms with Gasteiger partial charge >= 0.3 is 23.5 Å². The van der Waals surface area contributed by atoms with Gasteiger partial charge in [0.1, 0.15) is 23.7 Å². The first kappa shape index (κ1) is 42.8. The van der Waals surface area contributed by atoms with E-state index in [1.165, 1.54) is 0 Å². The highest BCUT2D eigenvalue weighted by Crippen LogP contribution is 2.72. The summed E-state index contributed by atoms with van der Waals surface area (Å²) in [7, 11) is -10.0. The van der Waals surface area contributed by atoms with Crippen LogP contribution in [0.1, 0.15) is 66.2 Å². The maximum absolute atomic E-state index is 13.3. The lowest BCUT2D eigenvalue weighted by Crippen LogP contribution is -2.46. The largest absolute Gasteiger partial charge is 0.492 e. The highest BCUT2D eigenvalue weighted by molar-refractivity contribution is 7.67. The number of nitrogens with two attached hydrogens (primary N) is 2. The second kappa shape index (κ2) is 18.8. The summed E-state index contributed by atoms with van der Waals surface area (Å²) in [5.74, 6) is -0.0385. The second-order valence-corrected chi connectivity index (χ2v) is 17.8. The van der Waals surface area contributed by atoms with E-state index in [4.69, 9.17) is 52.6 Å². The molecule has 0 aromatic carbocycles. The van der Waals surface area contributed by atoms with Crippen LogP contribution in [0.5, 0.6) is 0 Å². The topological polar surface area (TPSA) is 234 Å². The number of nitrogens with one attached hydrogen (secondary N) is 1. The number of phosphoric acid groups is 3. The Morgan fingerprint density at radius 2 is 1.45 bits per heavy atom. The van der Waals surface area contributed by atoms with Crippen LogP contribution in [0.15, 0.2) is 0 Å². The van der Waals surface area contributed by atoms with Crippen LogP contribution >= 0.6 is 23.5 Å². The molecule has 1 aliphatic carbocycles. The minimum atomic E-state index is -4.84. The molecule has 0 bridgehead atoms. The number of rotatable bonds is 23. The van der Waals surface area contributed by atoms with Crippen LogP contribution in [0.4, 0.5) is 0 Å². The van der Waals surface area contributed by atoms with Crippen LogP contribution in [0.2, 0.25) is 0 Å². The first-order valence-electron chi connectivity index (χ1n) is 15.3. The quantitative estimate of drug-likeness (QED) is 0.0763. The van der Waals surface area contributed by atoms with Crippen LogP contribution in [-0.4, -0.2) is 96.6 Å². The Kier molecular flexibility index (Phi) is 17.1. The first-order chi connectivity index (χ1) is 21.8. The number of carbonyl (C=O) groups excluding carboxylic acids is 1. The van der Waals surface area contributed by atoms with E-state index in [-0.39, 0.29) is 44.8 Å². The fraction of sp³-hybridized carbons (Fsp3) is 0.962. The summed E-state index contributed by atoms with van der Waals surface area (Å²) in [5, 5.41) is 2.80. The molecule has 1 saturated heterocycles. The summed E-state index contributed by atoms with van der Waals surface area (Å²) in [4.78, 5) is 12.7. The predicted octanol–water partition coefficient (Wildman–Crippen LogP) is 3.98. The van der Waals surface area contributed by atoms with E-state index >= 15 is 0 Å². The molecule has 0 aromatic heterocycles. The molecule has 2 aliphatic rings. The number of phosphoric ester groups is 2. The van der Waals surface area contributed by atoms with Gasteiger partial charge in [0.05, 0.1) is 32.0 Å². The van der Waals surface area contributed by atoms with Crippen molar-refractivity contribution in [1.82, 2.24) is 5.32 Å². The predicted molar refractivity (Wildman–Crippen MR) is 169 cm³/mol. The Morgan fingerprint density at radius 3 is 2.00 bits per heavy atom. The molecule has 47 heavy (non-hydrogen) atoms. The lowest BCUT2D eigenvalue weighted by Gasteiger charge is -2.27. The minimum absolute atomic E-state index is 0.166. The van der Waals surface area contributed by atoms with Gasteiger partial charge in [-0.25, -0.2) is 13.7 Å². The monoisotopic (exact) mass is 741 g/mol. The van der Waals surface area contributed by atoms with Crippen LogP contribution in [0, 0.1) is 5.92 Å². The molecular weight excluding hydrogens is 687 g/mol. The fourth-order valence-electron chi connectivity index (χ4n) is 4.91. The zero-order valence-electron chi connectivity index (χ0n) is 28.6. The standard InChI is InChI=1S/C26H54N3O15P3/c1-25(2,38-15-16-39-26(3,4)28)24(30)29-14-13-23(27)42-21-17-20(19-11-9-10-12-19)41-22(21)18-40-46(32,36-7)44-47(33,37-8)43-45(31,34-5)35-6/h19-23H,9-18,27-28H2,1-8H3,(H,29,30)/t20-,21-,22?,23?,46?,47?/m1/s1.